The number of nitrogens with zero attached hydrogens (tertiary/aromatic N) is 4. The molecule has 2 heterocycles. The van der Waals surface area contributed by atoms with E-state index >= 15 is 0 Å². The van der Waals surface area contributed by atoms with Gasteiger partial charge in [-0.1, -0.05) is 61.2 Å². The van der Waals surface area contributed by atoms with E-state index in [0.29, 0.717) is 21.9 Å². The van der Waals surface area contributed by atoms with Crippen LogP contribution >= 0.6 is 23.1 Å². The van der Waals surface area contributed by atoms with Gasteiger partial charge in [0.05, 0.1) is 18.0 Å². The Kier molecular flexibility index (Phi) is 9.14. The Balaban J connectivity index is 1.25. The summed E-state index contributed by atoms with van der Waals surface area (Å²) in [6.45, 7) is 5.97. The summed E-state index contributed by atoms with van der Waals surface area (Å²) in [5.41, 5.74) is 3.09. The van der Waals surface area contributed by atoms with E-state index in [1.54, 1.807) is 18.5 Å². The van der Waals surface area contributed by atoms with E-state index in [9.17, 15) is 9.59 Å². The van der Waals surface area contributed by atoms with Crippen molar-refractivity contribution < 1.29 is 14.3 Å². The first kappa shape index (κ1) is 27.3. The standard InChI is InChI=1S/C27H30N6O3S2/c1-5-19-11-13-21(14-12-19)36-17(2)25(35)28-15-22-31-32-27(33(22)4)37-16-23(34)29-26-30-24(18(3)38-26)20-9-7-6-8-10-20/h6-14,17H,5,15-16H2,1-4H3,(H,28,35)(H,29,30,34)/t17-/m0/s1. The number of aryl methyl sites for hydroxylation is 2. The van der Waals surface area contributed by atoms with Crippen molar-refractivity contribution in [3.63, 3.8) is 0 Å². The van der Waals surface area contributed by atoms with Crippen LogP contribution in [-0.2, 0) is 29.6 Å². The fourth-order valence-corrected chi connectivity index (χ4v) is 5.18. The number of hydrogen-bond donors (Lipinski definition) is 2. The monoisotopic (exact) mass is 550 g/mol. The molecule has 2 amide bonds. The number of benzene rings is 2. The summed E-state index contributed by atoms with van der Waals surface area (Å²) >= 11 is 2.71. The molecule has 0 unspecified atom stereocenters. The predicted molar refractivity (Wildman–Crippen MR) is 150 cm³/mol. The van der Waals surface area contributed by atoms with Crippen molar-refractivity contribution in [2.75, 3.05) is 11.1 Å². The van der Waals surface area contributed by atoms with E-state index in [1.807, 2.05) is 61.5 Å². The molecule has 4 aromatic rings. The average Bonchev–Trinajstić information content (AvgIpc) is 3.47. The van der Waals surface area contributed by atoms with Gasteiger partial charge < -0.3 is 19.9 Å². The van der Waals surface area contributed by atoms with Crippen LogP contribution in [0.5, 0.6) is 5.75 Å². The van der Waals surface area contributed by atoms with Gasteiger partial charge in [0.25, 0.3) is 5.91 Å². The topological polar surface area (TPSA) is 111 Å². The number of amides is 2. The third-order valence-electron chi connectivity index (χ3n) is 5.78. The van der Waals surface area contributed by atoms with Gasteiger partial charge in [-0.25, -0.2) is 4.98 Å². The minimum absolute atomic E-state index is 0.152. The molecule has 198 valence electrons. The van der Waals surface area contributed by atoms with Crippen LogP contribution in [0.4, 0.5) is 5.13 Å². The van der Waals surface area contributed by atoms with Crippen LogP contribution in [0.2, 0.25) is 0 Å². The lowest BCUT2D eigenvalue weighted by Crippen LogP contribution is -2.36. The Hall–Kier alpha value is -3.70. The molecule has 9 nitrogen and oxygen atoms in total. The van der Waals surface area contributed by atoms with E-state index < -0.39 is 6.10 Å². The maximum Gasteiger partial charge on any atom is 0.261 e. The second kappa shape index (κ2) is 12.7. The Morgan fingerprint density at radius 1 is 1.11 bits per heavy atom. The molecule has 38 heavy (non-hydrogen) atoms. The van der Waals surface area contributed by atoms with Crippen LogP contribution in [0.25, 0.3) is 11.3 Å². The highest BCUT2D eigenvalue weighted by Gasteiger charge is 2.18. The molecule has 0 saturated heterocycles. The molecule has 0 fully saturated rings. The number of rotatable bonds is 11. The highest BCUT2D eigenvalue weighted by atomic mass is 32.2. The quantitative estimate of drug-likeness (QED) is 0.262. The number of anilines is 1. The van der Waals surface area contributed by atoms with Gasteiger partial charge >= 0.3 is 0 Å². The van der Waals surface area contributed by atoms with Gasteiger partial charge in [0.2, 0.25) is 5.91 Å². The van der Waals surface area contributed by atoms with E-state index in [4.69, 9.17) is 4.74 Å². The first-order valence-corrected chi connectivity index (χ1v) is 14.0. The van der Waals surface area contributed by atoms with E-state index in [1.165, 1.54) is 28.7 Å². The van der Waals surface area contributed by atoms with Crippen molar-refractivity contribution in [1.29, 1.82) is 0 Å². The number of ether oxygens (including phenoxy) is 1. The summed E-state index contributed by atoms with van der Waals surface area (Å²) in [7, 11) is 1.80. The fraction of sp³-hybridized carbons (Fsp3) is 0.296. The third-order valence-corrected chi connectivity index (χ3v) is 7.69. The van der Waals surface area contributed by atoms with Crippen molar-refractivity contribution in [3.8, 4) is 17.0 Å². The summed E-state index contributed by atoms with van der Waals surface area (Å²) in [5.74, 6) is 0.932. The van der Waals surface area contributed by atoms with Crippen LogP contribution < -0.4 is 15.4 Å². The molecule has 0 aliphatic rings. The number of thiazole rings is 1. The minimum Gasteiger partial charge on any atom is -0.481 e. The number of carbonyl (C=O) groups excluding carboxylic acids is 2. The molecule has 2 aromatic heterocycles. The molecule has 1 atom stereocenters. The zero-order chi connectivity index (χ0) is 27.1. The summed E-state index contributed by atoms with van der Waals surface area (Å²) in [5, 5.41) is 15.1. The van der Waals surface area contributed by atoms with Gasteiger partial charge in [-0.05, 0) is 38.0 Å². The van der Waals surface area contributed by atoms with Crippen molar-refractivity contribution in [2.45, 2.75) is 45.0 Å². The largest absolute Gasteiger partial charge is 0.481 e. The SMILES string of the molecule is CCc1ccc(O[C@@H](C)C(=O)NCc2nnc(SCC(=O)Nc3nc(-c4ccccc4)c(C)s3)n2C)cc1. The molecule has 0 spiro atoms. The summed E-state index contributed by atoms with van der Waals surface area (Å²) in [6.07, 6.45) is 0.283. The predicted octanol–water partition coefficient (Wildman–Crippen LogP) is 4.62. The van der Waals surface area contributed by atoms with Crippen molar-refractivity contribution in [2.24, 2.45) is 7.05 Å². The lowest BCUT2D eigenvalue weighted by atomic mass is 10.1. The van der Waals surface area contributed by atoms with Crippen LogP contribution in [0.15, 0.2) is 59.8 Å². The molecule has 2 N–H and O–H groups in total. The van der Waals surface area contributed by atoms with Crippen molar-refractivity contribution in [3.05, 3.63) is 70.9 Å². The van der Waals surface area contributed by atoms with Crippen molar-refractivity contribution in [1.82, 2.24) is 25.1 Å². The number of aromatic nitrogens is 4. The van der Waals surface area contributed by atoms with Crippen LogP contribution in [0, 0.1) is 6.92 Å². The van der Waals surface area contributed by atoms with Gasteiger partial charge in [0.15, 0.2) is 22.2 Å². The maximum atomic E-state index is 12.5. The normalized spacial score (nSPS) is 11.7. The van der Waals surface area contributed by atoms with Gasteiger partial charge in [0.1, 0.15) is 5.75 Å². The molecule has 0 aliphatic heterocycles. The van der Waals surface area contributed by atoms with Gasteiger partial charge in [-0.15, -0.1) is 21.5 Å². The van der Waals surface area contributed by atoms with Gasteiger partial charge in [-0.2, -0.15) is 0 Å². The Bertz CT molecular complexity index is 1390. The molecular formula is C27H30N6O3S2. The number of hydrogen-bond acceptors (Lipinski definition) is 8. The number of nitrogens with one attached hydrogen (secondary N) is 2. The zero-order valence-corrected chi connectivity index (χ0v) is 23.4. The van der Waals surface area contributed by atoms with Gasteiger partial charge in [-0.3, -0.25) is 9.59 Å². The molecule has 0 saturated carbocycles. The number of thioether (sulfide) groups is 1. The van der Waals surface area contributed by atoms with Crippen LogP contribution in [0.3, 0.4) is 0 Å². The zero-order valence-electron chi connectivity index (χ0n) is 21.7. The fourth-order valence-electron chi connectivity index (χ4n) is 3.60. The molecular weight excluding hydrogens is 520 g/mol. The maximum absolute atomic E-state index is 12.5. The second-order valence-corrected chi connectivity index (χ2v) is 10.7. The molecule has 2 aromatic carbocycles. The van der Waals surface area contributed by atoms with Crippen LogP contribution in [-0.4, -0.2) is 43.4 Å². The molecule has 0 radical (unpaired) electrons. The van der Waals surface area contributed by atoms with Crippen LogP contribution in [0.1, 0.15) is 30.1 Å². The van der Waals surface area contributed by atoms with E-state index in [2.05, 4.69) is 32.7 Å². The highest BCUT2D eigenvalue weighted by Crippen LogP contribution is 2.30. The lowest BCUT2D eigenvalue weighted by molar-refractivity contribution is -0.127. The third kappa shape index (κ3) is 6.99. The molecule has 0 aliphatic carbocycles. The molecule has 0 bridgehead atoms. The Morgan fingerprint density at radius 3 is 2.55 bits per heavy atom. The minimum atomic E-state index is -0.662. The average molecular weight is 551 g/mol. The first-order chi connectivity index (χ1) is 18.3. The summed E-state index contributed by atoms with van der Waals surface area (Å²) in [6, 6.07) is 17.6. The second-order valence-electron chi connectivity index (χ2n) is 8.56. The molecule has 4 rings (SSSR count). The number of carbonyl (C=O) groups is 2. The van der Waals surface area contributed by atoms with Crippen molar-refractivity contribution >= 4 is 40.0 Å². The molecule has 11 heteroatoms. The Labute approximate surface area is 230 Å². The smallest absolute Gasteiger partial charge is 0.261 e. The van der Waals surface area contributed by atoms with E-state index in [-0.39, 0.29) is 24.1 Å². The first-order valence-electron chi connectivity index (χ1n) is 12.2. The lowest BCUT2D eigenvalue weighted by Gasteiger charge is -2.15. The highest BCUT2D eigenvalue weighted by molar-refractivity contribution is 7.99. The summed E-state index contributed by atoms with van der Waals surface area (Å²) < 4.78 is 7.50. The summed E-state index contributed by atoms with van der Waals surface area (Å²) in [4.78, 5) is 30.7. The Morgan fingerprint density at radius 2 is 1.84 bits per heavy atom. The van der Waals surface area contributed by atoms with Gasteiger partial charge in [0, 0.05) is 17.5 Å². The van der Waals surface area contributed by atoms with E-state index in [0.717, 1.165) is 22.6 Å².